The molecule has 2 unspecified atom stereocenters. The van der Waals surface area contributed by atoms with E-state index >= 15 is 0 Å². The van der Waals surface area contributed by atoms with Gasteiger partial charge in [-0.2, -0.15) is 0 Å². The van der Waals surface area contributed by atoms with Crippen LogP contribution in [0.15, 0.2) is 0 Å². The summed E-state index contributed by atoms with van der Waals surface area (Å²) < 4.78 is 10.5. The van der Waals surface area contributed by atoms with Crippen molar-refractivity contribution in [1.29, 1.82) is 0 Å². The van der Waals surface area contributed by atoms with Crippen LogP contribution in [0, 0.1) is 5.92 Å². The first-order valence-electron chi connectivity index (χ1n) is 8.84. The Balaban J connectivity index is 3.63. The van der Waals surface area contributed by atoms with E-state index in [9.17, 15) is 9.59 Å². The zero-order valence-corrected chi connectivity index (χ0v) is 14.9. The molecule has 0 aromatic heterocycles. The minimum absolute atomic E-state index is 0.0269. The number of hydrogen-bond donors (Lipinski definition) is 0. The van der Waals surface area contributed by atoms with Crippen molar-refractivity contribution in [2.24, 2.45) is 5.92 Å². The molecule has 0 radical (unpaired) electrons. The van der Waals surface area contributed by atoms with Gasteiger partial charge in [0.1, 0.15) is 0 Å². The molecule has 0 aliphatic carbocycles. The van der Waals surface area contributed by atoms with Gasteiger partial charge >= 0.3 is 11.9 Å². The van der Waals surface area contributed by atoms with Crippen LogP contribution < -0.4 is 0 Å². The molecule has 0 aromatic carbocycles. The fourth-order valence-electron chi connectivity index (χ4n) is 2.28. The van der Waals surface area contributed by atoms with Crippen LogP contribution in [0.25, 0.3) is 0 Å². The van der Waals surface area contributed by atoms with Gasteiger partial charge in [0, 0.05) is 12.8 Å². The molecule has 130 valence electrons. The number of carbonyl (C=O) groups is 2. The van der Waals surface area contributed by atoms with Crippen LogP contribution in [0.1, 0.15) is 85.5 Å². The molecule has 0 saturated heterocycles. The molecule has 0 spiro atoms. The Morgan fingerprint density at radius 1 is 0.864 bits per heavy atom. The highest BCUT2D eigenvalue weighted by Gasteiger charge is 2.11. The second-order valence-corrected chi connectivity index (χ2v) is 6.23. The smallest absolute Gasteiger partial charge is 0.306 e. The Morgan fingerprint density at radius 3 is 2.18 bits per heavy atom. The topological polar surface area (TPSA) is 52.6 Å². The van der Waals surface area contributed by atoms with Gasteiger partial charge in [-0.3, -0.25) is 9.59 Å². The van der Waals surface area contributed by atoms with Crippen molar-refractivity contribution in [2.45, 2.75) is 91.6 Å². The van der Waals surface area contributed by atoms with E-state index in [0.717, 1.165) is 25.7 Å². The molecule has 0 saturated carbocycles. The standard InChI is InChI=1S/C18H34O4/c1-5-7-8-11-16(4)22-18(20)13-9-12-17(19)21-14-15(3)10-6-2/h15-16H,5-14H2,1-4H3. The minimum Gasteiger partial charge on any atom is -0.465 e. The van der Waals surface area contributed by atoms with Crippen LogP contribution in [-0.2, 0) is 19.1 Å². The van der Waals surface area contributed by atoms with E-state index in [1.54, 1.807) is 0 Å². The Morgan fingerprint density at radius 2 is 1.55 bits per heavy atom. The first kappa shape index (κ1) is 20.9. The van der Waals surface area contributed by atoms with E-state index in [-0.39, 0.29) is 30.9 Å². The number of esters is 2. The molecule has 0 N–H and O–H groups in total. The van der Waals surface area contributed by atoms with Crippen LogP contribution in [0.5, 0.6) is 0 Å². The molecule has 4 nitrogen and oxygen atoms in total. The Bertz CT molecular complexity index is 301. The van der Waals surface area contributed by atoms with Gasteiger partial charge in [-0.15, -0.1) is 0 Å². The molecule has 22 heavy (non-hydrogen) atoms. The number of carbonyl (C=O) groups excluding carboxylic acids is 2. The van der Waals surface area contributed by atoms with Crippen LogP contribution in [0.2, 0.25) is 0 Å². The Labute approximate surface area is 135 Å². The van der Waals surface area contributed by atoms with Gasteiger partial charge in [-0.1, -0.05) is 40.0 Å². The average Bonchev–Trinajstić information content (AvgIpc) is 2.45. The van der Waals surface area contributed by atoms with Crippen LogP contribution in [-0.4, -0.2) is 24.6 Å². The van der Waals surface area contributed by atoms with Crippen molar-refractivity contribution in [1.82, 2.24) is 0 Å². The lowest BCUT2D eigenvalue weighted by atomic mass is 10.1. The average molecular weight is 314 g/mol. The van der Waals surface area contributed by atoms with Gasteiger partial charge in [-0.25, -0.2) is 0 Å². The molecule has 0 rings (SSSR count). The zero-order valence-electron chi connectivity index (χ0n) is 14.9. The number of hydrogen-bond acceptors (Lipinski definition) is 4. The van der Waals surface area contributed by atoms with Crippen molar-refractivity contribution in [3.8, 4) is 0 Å². The van der Waals surface area contributed by atoms with E-state index in [2.05, 4.69) is 20.8 Å². The summed E-state index contributed by atoms with van der Waals surface area (Å²) in [6.45, 7) is 8.75. The third-order valence-corrected chi connectivity index (χ3v) is 3.62. The third kappa shape index (κ3) is 12.7. The van der Waals surface area contributed by atoms with Crippen molar-refractivity contribution >= 4 is 11.9 Å². The maximum Gasteiger partial charge on any atom is 0.306 e. The van der Waals surface area contributed by atoms with Gasteiger partial charge in [0.25, 0.3) is 0 Å². The van der Waals surface area contributed by atoms with Gasteiger partial charge in [0.15, 0.2) is 0 Å². The molecule has 4 heteroatoms. The molecule has 0 heterocycles. The molecular formula is C18H34O4. The molecule has 0 fully saturated rings. The van der Waals surface area contributed by atoms with Gasteiger partial charge in [0.2, 0.25) is 0 Å². The van der Waals surface area contributed by atoms with Crippen molar-refractivity contribution in [2.75, 3.05) is 6.61 Å². The van der Waals surface area contributed by atoms with E-state index in [1.165, 1.54) is 12.8 Å². The van der Waals surface area contributed by atoms with Crippen molar-refractivity contribution in [3.05, 3.63) is 0 Å². The van der Waals surface area contributed by atoms with E-state index in [0.29, 0.717) is 18.9 Å². The van der Waals surface area contributed by atoms with E-state index in [1.807, 2.05) is 6.92 Å². The second-order valence-electron chi connectivity index (χ2n) is 6.23. The summed E-state index contributed by atoms with van der Waals surface area (Å²) in [6.07, 6.45) is 7.56. The van der Waals surface area contributed by atoms with E-state index in [4.69, 9.17) is 9.47 Å². The van der Waals surface area contributed by atoms with E-state index < -0.39 is 0 Å². The first-order valence-corrected chi connectivity index (χ1v) is 8.84. The summed E-state index contributed by atoms with van der Waals surface area (Å²) in [7, 11) is 0. The molecular weight excluding hydrogens is 280 g/mol. The molecule has 0 aliphatic heterocycles. The van der Waals surface area contributed by atoms with Gasteiger partial charge in [-0.05, 0) is 38.5 Å². The molecule has 0 bridgehead atoms. The highest BCUT2D eigenvalue weighted by molar-refractivity contribution is 5.72. The predicted molar refractivity (Wildman–Crippen MR) is 88.6 cm³/mol. The SMILES string of the molecule is CCCCCC(C)OC(=O)CCCC(=O)OCC(C)CCC. The lowest BCUT2D eigenvalue weighted by Gasteiger charge is -2.13. The second kappa shape index (κ2) is 13.6. The summed E-state index contributed by atoms with van der Waals surface area (Å²) in [5.41, 5.74) is 0. The Hall–Kier alpha value is -1.06. The van der Waals surface area contributed by atoms with Crippen LogP contribution in [0.3, 0.4) is 0 Å². The molecule has 0 aliphatic rings. The normalized spacial score (nSPS) is 13.5. The lowest BCUT2D eigenvalue weighted by molar-refractivity contribution is -0.149. The minimum atomic E-state index is -0.216. The molecule has 2 atom stereocenters. The van der Waals surface area contributed by atoms with Crippen molar-refractivity contribution < 1.29 is 19.1 Å². The summed E-state index contributed by atoms with van der Waals surface area (Å²) in [5.74, 6) is -0.0224. The fourth-order valence-corrected chi connectivity index (χ4v) is 2.28. The highest BCUT2D eigenvalue weighted by atomic mass is 16.5. The summed E-state index contributed by atoms with van der Waals surface area (Å²) in [5, 5.41) is 0. The van der Waals surface area contributed by atoms with Gasteiger partial charge in [0.05, 0.1) is 12.7 Å². The molecule has 0 amide bonds. The highest BCUT2D eigenvalue weighted by Crippen LogP contribution is 2.09. The largest absolute Gasteiger partial charge is 0.465 e. The van der Waals surface area contributed by atoms with Gasteiger partial charge < -0.3 is 9.47 Å². The number of unbranched alkanes of at least 4 members (excludes halogenated alkanes) is 2. The zero-order chi connectivity index (χ0) is 16.8. The summed E-state index contributed by atoms with van der Waals surface area (Å²) in [4.78, 5) is 23.2. The number of ether oxygens (including phenoxy) is 2. The maximum absolute atomic E-state index is 11.6. The third-order valence-electron chi connectivity index (χ3n) is 3.62. The molecule has 0 aromatic rings. The fraction of sp³-hybridized carbons (Fsp3) is 0.889. The van der Waals surface area contributed by atoms with Crippen LogP contribution in [0.4, 0.5) is 0 Å². The number of rotatable bonds is 13. The maximum atomic E-state index is 11.6. The Kier molecular flexibility index (Phi) is 12.9. The summed E-state index contributed by atoms with van der Waals surface area (Å²) >= 11 is 0. The quantitative estimate of drug-likeness (QED) is 0.367. The monoisotopic (exact) mass is 314 g/mol. The summed E-state index contributed by atoms with van der Waals surface area (Å²) in [6, 6.07) is 0. The van der Waals surface area contributed by atoms with Crippen LogP contribution >= 0.6 is 0 Å². The lowest BCUT2D eigenvalue weighted by Crippen LogP contribution is -2.16. The first-order chi connectivity index (χ1) is 10.5. The predicted octanol–water partition coefficient (Wildman–Crippen LogP) is 4.65. The van der Waals surface area contributed by atoms with Crippen molar-refractivity contribution in [3.63, 3.8) is 0 Å².